The number of amides is 1. The number of aliphatic carboxylic acids is 1. The molecule has 1 aromatic rings. The molecule has 0 heterocycles. The Labute approximate surface area is 128 Å². The van der Waals surface area contributed by atoms with Crippen LogP contribution in [0.1, 0.15) is 31.2 Å². The third-order valence-electron chi connectivity index (χ3n) is 5.26. The average Bonchev–Trinajstić information content (AvgIpc) is 2.51. The van der Waals surface area contributed by atoms with Gasteiger partial charge >= 0.3 is 5.97 Å². The predicted octanol–water partition coefficient (Wildman–Crippen LogP) is 3.21. The summed E-state index contributed by atoms with van der Waals surface area (Å²) in [5, 5.41) is 12.3. The first-order chi connectivity index (χ1) is 10.5. The number of carboxylic acids is 1. The molecular weight excluding hydrogens is 285 g/mol. The number of carbonyl (C=O) groups excluding carboxylic acids is 1. The Hall–Kier alpha value is -1.91. The second-order valence-electron chi connectivity index (χ2n) is 6.51. The van der Waals surface area contributed by atoms with Crippen LogP contribution in [0.2, 0.25) is 0 Å². The van der Waals surface area contributed by atoms with Gasteiger partial charge in [-0.2, -0.15) is 0 Å². The minimum absolute atomic E-state index is 0.0897. The minimum Gasteiger partial charge on any atom is -0.481 e. The van der Waals surface area contributed by atoms with E-state index in [0.29, 0.717) is 5.69 Å². The third-order valence-corrected chi connectivity index (χ3v) is 5.26. The molecule has 4 nitrogen and oxygen atoms in total. The van der Waals surface area contributed by atoms with Crippen molar-refractivity contribution in [3.8, 4) is 0 Å². The molecule has 4 rings (SSSR count). The summed E-state index contributed by atoms with van der Waals surface area (Å²) in [7, 11) is 0. The van der Waals surface area contributed by atoms with Gasteiger partial charge in [-0.3, -0.25) is 9.59 Å². The highest BCUT2D eigenvalue weighted by Gasteiger charge is 2.50. The minimum atomic E-state index is -0.884. The van der Waals surface area contributed by atoms with Gasteiger partial charge in [0.05, 0.1) is 11.8 Å². The first-order valence-corrected chi connectivity index (χ1v) is 7.77. The van der Waals surface area contributed by atoms with Gasteiger partial charge in [0.1, 0.15) is 5.82 Å². The molecule has 0 aromatic heterocycles. The molecule has 0 saturated heterocycles. The highest BCUT2D eigenvalue weighted by atomic mass is 19.1. The summed E-state index contributed by atoms with van der Waals surface area (Å²) in [4.78, 5) is 24.2. The maximum absolute atomic E-state index is 13.3. The number of carboxylic acid groups (broad SMARTS) is 1. The van der Waals surface area contributed by atoms with Crippen LogP contribution in [0, 0.1) is 36.4 Å². The highest BCUT2D eigenvalue weighted by molar-refractivity contribution is 5.96. The van der Waals surface area contributed by atoms with Crippen LogP contribution in [0.15, 0.2) is 18.2 Å². The van der Waals surface area contributed by atoms with E-state index in [4.69, 9.17) is 0 Å². The van der Waals surface area contributed by atoms with Crippen LogP contribution in [0.3, 0.4) is 0 Å². The molecule has 118 valence electrons. The van der Waals surface area contributed by atoms with Crippen LogP contribution in [-0.2, 0) is 9.59 Å². The summed E-state index contributed by atoms with van der Waals surface area (Å²) in [6.45, 7) is 1.79. The third kappa shape index (κ3) is 2.60. The standard InChI is InChI=1S/C17H20FNO3/c1-9-2-7-12(18)8-13(9)19-16(20)14-10-3-5-11(6-4-10)15(14)17(21)22/h2,7-8,10-11,14-15H,3-6H2,1H3,(H,19,20)(H,21,22)/t10?,11?,14-,15+/m1/s1. The summed E-state index contributed by atoms with van der Waals surface area (Å²) in [6, 6.07) is 4.23. The fourth-order valence-corrected chi connectivity index (χ4v) is 4.13. The van der Waals surface area contributed by atoms with E-state index >= 15 is 0 Å². The Morgan fingerprint density at radius 3 is 2.32 bits per heavy atom. The maximum atomic E-state index is 13.3. The molecular formula is C17H20FNO3. The summed E-state index contributed by atoms with van der Waals surface area (Å²) in [5.74, 6) is -2.48. The van der Waals surface area contributed by atoms with E-state index in [1.54, 1.807) is 13.0 Å². The molecule has 5 heteroatoms. The van der Waals surface area contributed by atoms with Crippen LogP contribution >= 0.6 is 0 Å². The molecule has 2 atom stereocenters. The number of benzene rings is 1. The van der Waals surface area contributed by atoms with Crippen LogP contribution in [0.5, 0.6) is 0 Å². The summed E-state index contributed by atoms with van der Waals surface area (Å²) in [6.07, 6.45) is 3.61. The topological polar surface area (TPSA) is 66.4 Å². The Bertz CT molecular complexity index is 608. The lowest BCUT2D eigenvalue weighted by atomic mass is 9.58. The smallest absolute Gasteiger partial charge is 0.307 e. The lowest BCUT2D eigenvalue weighted by Crippen LogP contribution is -2.49. The number of carbonyl (C=O) groups is 2. The van der Waals surface area contributed by atoms with Gasteiger partial charge in [-0.05, 0) is 62.1 Å². The first kappa shape index (κ1) is 15.0. The van der Waals surface area contributed by atoms with Gasteiger partial charge in [-0.1, -0.05) is 6.07 Å². The van der Waals surface area contributed by atoms with Crippen LogP contribution in [0.4, 0.5) is 10.1 Å². The van der Waals surface area contributed by atoms with Crippen molar-refractivity contribution in [2.75, 3.05) is 5.32 Å². The molecule has 3 fully saturated rings. The van der Waals surface area contributed by atoms with Crippen molar-refractivity contribution >= 4 is 17.6 Å². The lowest BCUT2D eigenvalue weighted by molar-refractivity contribution is -0.156. The monoisotopic (exact) mass is 305 g/mol. The van der Waals surface area contributed by atoms with Gasteiger partial charge < -0.3 is 10.4 Å². The van der Waals surface area contributed by atoms with Gasteiger partial charge in [0.15, 0.2) is 0 Å². The van der Waals surface area contributed by atoms with Gasteiger partial charge in [0.2, 0.25) is 5.91 Å². The number of anilines is 1. The fourth-order valence-electron chi connectivity index (χ4n) is 4.13. The molecule has 0 spiro atoms. The second-order valence-corrected chi connectivity index (χ2v) is 6.51. The normalized spacial score (nSPS) is 30.1. The van der Waals surface area contributed by atoms with Crippen molar-refractivity contribution in [1.82, 2.24) is 0 Å². The lowest BCUT2D eigenvalue weighted by Gasteiger charge is -2.45. The molecule has 0 unspecified atom stereocenters. The molecule has 3 aliphatic carbocycles. The molecule has 22 heavy (non-hydrogen) atoms. The summed E-state index contributed by atoms with van der Waals surface area (Å²) >= 11 is 0. The number of hydrogen-bond donors (Lipinski definition) is 2. The van der Waals surface area contributed by atoms with Crippen molar-refractivity contribution in [3.63, 3.8) is 0 Å². The van der Waals surface area contributed by atoms with E-state index in [1.165, 1.54) is 12.1 Å². The van der Waals surface area contributed by atoms with E-state index in [-0.39, 0.29) is 17.7 Å². The SMILES string of the molecule is Cc1ccc(F)cc1NC(=O)[C@@H]1C2CCC(CC2)[C@@H]1C(=O)O. The van der Waals surface area contributed by atoms with Crippen molar-refractivity contribution in [2.24, 2.45) is 23.7 Å². The first-order valence-electron chi connectivity index (χ1n) is 7.77. The van der Waals surface area contributed by atoms with E-state index in [2.05, 4.69) is 5.32 Å². The van der Waals surface area contributed by atoms with Crippen molar-refractivity contribution in [3.05, 3.63) is 29.6 Å². The van der Waals surface area contributed by atoms with Crippen LogP contribution in [-0.4, -0.2) is 17.0 Å². The van der Waals surface area contributed by atoms with Crippen molar-refractivity contribution in [2.45, 2.75) is 32.6 Å². The van der Waals surface area contributed by atoms with E-state index < -0.39 is 23.6 Å². The fraction of sp³-hybridized carbons (Fsp3) is 0.529. The number of hydrogen-bond acceptors (Lipinski definition) is 2. The van der Waals surface area contributed by atoms with E-state index in [1.807, 2.05) is 0 Å². The molecule has 1 amide bonds. The molecule has 0 aliphatic heterocycles. The molecule has 3 saturated carbocycles. The molecule has 2 bridgehead atoms. The quantitative estimate of drug-likeness (QED) is 0.901. The zero-order valence-corrected chi connectivity index (χ0v) is 12.5. The maximum Gasteiger partial charge on any atom is 0.307 e. The number of halogens is 1. The number of fused-ring (bicyclic) bond motifs is 3. The van der Waals surface area contributed by atoms with Crippen LogP contribution in [0.25, 0.3) is 0 Å². The highest BCUT2D eigenvalue weighted by Crippen LogP contribution is 2.49. The Morgan fingerprint density at radius 1 is 1.14 bits per heavy atom. The van der Waals surface area contributed by atoms with Gasteiger partial charge in [-0.15, -0.1) is 0 Å². The van der Waals surface area contributed by atoms with E-state index in [0.717, 1.165) is 31.2 Å². The zero-order valence-electron chi connectivity index (χ0n) is 12.5. The molecule has 2 N–H and O–H groups in total. The van der Waals surface area contributed by atoms with Gasteiger partial charge in [0.25, 0.3) is 0 Å². The zero-order chi connectivity index (χ0) is 15.9. The Kier molecular flexibility index (Phi) is 3.89. The van der Waals surface area contributed by atoms with Gasteiger partial charge in [-0.25, -0.2) is 4.39 Å². The number of aryl methyl sites for hydroxylation is 1. The average molecular weight is 305 g/mol. The van der Waals surface area contributed by atoms with Crippen molar-refractivity contribution < 1.29 is 19.1 Å². The number of nitrogens with one attached hydrogen (secondary N) is 1. The molecule has 3 aliphatic rings. The molecule has 1 aromatic carbocycles. The Morgan fingerprint density at radius 2 is 1.73 bits per heavy atom. The summed E-state index contributed by atoms with van der Waals surface area (Å²) < 4.78 is 13.3. The van der Waals surface area contributed by atoms with Gasteiger partial charge in [0, 0.05) is 5.69 Å². The second kappa shape index (κ2) is 5.71. The van der Waals surface area contributed by atoms with E-state index in [9.17, 15) is 19.1 Å². The number of rotatable bonds is 3. The predicted molar refractivity (Wildman–Crippen MR) is 79.8 cm³/mol. The Balaban J connectivity index is 1.84. The van der Waals surface area contributed by atoms with Crippen LogP contribution < -0.4 is 5.32 Å². The van der Waals surface area contributed by atoms with Crippen molar-refractivity contribution in [1.29, 1.82) is 0 Å². The molecule has 0 radical (unpaired) electrons. The summed E-state index contributed by atoms with van der Waals surface area (Å²) in [5.41, 5.74) is 1.19. The largest absolute Gasteiger partial charge is 0.481 e.